The SMILES string of the molecule is COC(=O)N(C)c1cccc2c1CC[C@@]1(COC(C)=N1)C2. The van der Waals surface area contributed by atoms with E-state index in [1.165, 1.54) is 18.2 Å². The molecule has 0 aromatic heterocycles. The van der Waals surface area contributed by atoms with Gasteiger partial charge in [-0.05, 0) is 30.0 Å². The van der Waals surface area contributed by atoms with Crippen molar-refractivity contribution in [3.8, 4) is 0 Å². The number of carbonyl (C=O) groups is 1. The maximum atomic E-state index is 11.8. The third-order valence-corrected chi connectivity index (χ3v) is 4.36. The number of ether oxygens (including phenoxy) is 2. The van der Waals surface area contributed by atoms with Crippen LogP contribution in [0.1, 0.15) is 24.5 Å². The third-order valence-electron chi connectivity index (χ3n) is 4.36. The number of aliphatic imine (C=N–C) groups is 1. The van der Waals surface area contributed by atoms with E-state index in [9.17, 15) is 4.79 Å². The third kappa shape index (κ3) is 2.37. The quantitative estimate of drug-likeness (QED) is 0.798. The topological polar surface area (TPSA) is 51.1 Å². The van der Waals surface area contributed by atoms with E-state index in [0.717, 1.165) is 30.8 Å². The van der Waals surface area contributed by atoms with Gasteiger partial charge in [0.15, 0.2) is 5.90 Å². The molecule has 1 spiro atoms. The average Bonchev–Trinajstić information content (AvgIpc) is 2.85. The van der Waals surface area contributed by atoms with E-state index in [4.69, 9.17) is 14.5 Å². The van der Waals surface area contributed by atoms with Gasteiger partial charge in [0, 0.05) is 20.4 Å². The predicted octanol–water partition coefficient (Wildman–Crippen LogP) is 2.57. The first kappa shape index (κ1) is 13.9. The summed E-state index contributed by atoms with van der Waals surface area (Å²) in [6.07, 6.45) is 2.36. The summed E-state index contributed by atoms with van der Waals surface area (Å²) in [5.41, 5.74) is 3.28. The summed E-state index contributed by atoms with van der Waals surface area (Å²) in [5.74, 6) is 0.779. The highest BCUT2D eigenvalue weighted by atomic mass is 16.5. The molecule has 1 atom stereocenters. The minimum atomic E-state index is -0.346. The standard InChI is InChI=1S/C16H20N2O3/c1-11-17-16(10-21-11)8-7-13-12(9-16)5-4-6-14(13)18(2)15(19)20-3/h4-6H,7-10H2,1-3H3/t16-/m0/s1. The molecule has 0 bridgehead atoms. The summed E-state index contributed by atoms with van der Waals surface area (Å²) in [7, 11) is 3.14. The lowest BCUT2D eigenvalue weighted by Gasteiger charge is -2.32. The number of anilines is 1. The smallest absolute Gasteiger partial charge is 0.413 e. The molecule has 1 heterocycles. The molecule has 0 radical (unpaired) electrons. The number of amides is 1. The maximum absolute atomic E-state index is 11.8. The molecule has 112 valence electrons. The Labute approximate surface area is 124 Å². The number of nitrogens with zero attached hydrogens (tertiary/aromatic N) is 2. The zero-order valence-electron chi connectivity index (χ0n) is 12.7. The van der Waals surface area contributed by atoms with Crippen molar-refractivity contribution >= 4 is 17.7 Å². The second-order valence-electron chi connectivity index (χ2n) is 5.76. The second-order valence-corrected chi connectivity index (χ2v) is 5.76. The van der Waals surface area contributed by atoms with Crippen molar-refractivity contribution in [2.24, 2.45) is 4.99 Å². The molecule has 1 aromatic rings. The van der Waals surface area contributed by atoms with Crippen molar-refractivity contribution in [1.29, 1.82) is 0 Å². The monoisotopic (exact) mass is 288 g/mol. The van der Waals surface area contributed by atoms with Crippen molar-refractivity contribution in [3.63, 3.8) is 0 Å². The molecule has 1 aliphatic carbocycles. The summed E-state index contributed by atoms with van der Waals surface area (Å²) in [4.78, 5) is 18.0. The predicted molar refractivity (Wildman–Crippen MR) is 81.1 cm³/mol. The summed E-state index contributed by atoms with van der Waals surface area (Å²) in [5, 5.41) is 0. The molecular weight excluding hydrogens is 268 g/mol. The van der Waals surface area contributed by atoms with Crippen LogP contribution < -0.4 is 4.90 Å². The Balaban J connectivity index is 1.93. The molecule has 1 aliphatic heterocycles. The van der Waals surface area contributed by atoms with Gasteiger partial charge in [-0.3, -0.25) is 4.90 Å². The molecule has 0 N–H and O–H groups in total. The van der Waals surface area contributed by atoms with Crippen LogP contribution in [0.2, 0.25) is 0 Å². The molecule has 5 heteroatoms. The van der Waals surface area contributed by atoms with Crippen LogP contribution in [0.4, 0.5) is 10.5 Å². The van der Waals surface area contributed by atoms with Crippen LogP contribution in [-0.2, 0) is 22.3 Å². The van der Waals surface area contributed by atoms with Crippen LogP contribution in [0.5, 0.6) is 0 Å². The molecule has 0 saturated heterocycles. The van der Waals surface area contributed by atoms with Gasteiger partial charge in [-0.2, -0.15) is 0 Å². The van der Waals surface area contributed by atoms with E-state index in [-0.39, 0.29) is 11.6 Å². The molecule has 2 aliphatic rings. The number of rotatable bonds is 1. The average molecular weight is 288 g/mol. The molecule has 1 amide bonds. The molecule has 5 nitrogen and oxygen atoms in total. The van der Waals surface area contributed by atoms with E-state index in [1.807, 2.05) is 19.1 Å². The second kappa shape index (κ2) is 5.06. The van der Waals surface area contributed by atoms with Crippen molar-refractivity contribution in [3.05, 3.63) is 29.3 Å². The van der Waals surface area contributed by atoms with E-state index in [1.54, 1.807) is 11.9 Å². The molecule has 1 aromatic carbocycles. The Morgan fingerprint density at radius 2 is 2.29 bits per heavy atom. The van der Waals surface area contributed by atoms with Gasteiger partial charge in [0.2, 0.25) is 0 Å². The number of methoxy groups -OCH3 is 1. The highest BCUT2D eigenvalue weighted by Crippen LogP contribution is 2.38. The first-order valence-electron chi connectivity index (χ1n) is 7.16. The van der Waals surface area contributed by atoms with Gasteiger partial charge >= 0.3 is 6.09 Å². The molecular formula is C16H20N2O3. The normalized spacial score (nSPS) is 23.3. The van der Waals surface area contributed by atoms with Crippen LogP contribution in [0.25, 0.3) is 0 Å². The molecule has 0 fully saturated rings. The fraction of sp³-hybridized carbons (Fsp3) is 0.500. The maximum Gasteiger partial charge on any atom is 0.413 e. The van der Waals surface area contributed by atoms with Gasteiger partial charge in [-0.15, -0.1) is 0 Å². The van der Waals surface area contributed by atoms with E-state index in [0.29, 0.717) is 6.61 Å². The minimum Gasteiger partial charge on any atom is -0.479 e. The number of fused-ring (bicyclic) bond motifs is 1. The van der Waals surface area contributed by atoms with Crippen LogP contribution in [-0.4, -0.2) is 38.3 Å². The van der Waals surface area contributed by atoms with Crippen molar-refractivity contribution in [1.82, 2.24) is 0 Å². The van der Waals surface area contributed by atoms with E-state index < -0.39 is 0 Å². The Bertz CT molecular complexity index is 612. The van der Waals surface area contributed by atoms with Crippen molar-refractivity contribution < 1.29 is 14.3 Å². The lowest BCUT2D eigenvalue weighted by atomic mass is 9.78. The van der Waals surface area contributed by atoms with Crippen LogP contribution in [0.3, 0.4) is 0 Å². The first-order chi connectivity index (χ1) is 10.0. The van der Waals surface area contributed by atoms with Gasteiger partial charge < -0.3 is 9.47 Å². The first-order valence-corrected chi connectivity index (χ1v) is 7.16. The van der Waals surface area contributed by atoms with Crippen LogP contribution >= 0.6 is 0 Å². The Morgan fingerprint density at radius 1 is 1.48 bits per heavy atom. The zero-order chi connectivity index (χ0) is 15.0. The zero-order valence-corrected chi connectivity index (χ0v) is 12.7. The van der Waals surface area contributed by atoms with Gasteiger partial charge in [0.25, 0.3) is 0 Å². The molecule has 21 heavy (non-hydrogen) atoms. The fourth-order valence-electron chi connectivity index (χ4n) is 3.28. The molecule has 3 rings (SSSR count). The Kier molecular flexibility index (Phi) is 3.35. The highest BCUT2D eigenvalue weighted by molar-refractivity contribution is 5.88. The van der Waals surface area contributed by atoms with Gasteiger partial charge in [0.05, 0.1) is 12.8 Å². The van der Waals surface area contributed by atoms with Gasteiger partial charge in [0.1, 0.15) is 12.1 Å². The molecule has 0 saturated carbocycles. The lowest BCUT2D eigenvalue weighted by molar-refractivity contribution is 0.180. The minimum absolute atomic E-state index is 0.112. The fourth-order valence-corrected chi connectivity index (χ4v) is 3.28. The number of hydrogen-bond acceptors (Lipinski definition) is 4. The lowest BCUT2D eigenvalue weighted by Crippen LogP contribution is -2.36. The van der Waals surface area contributed by atoms with Crippen molar-refractivity contribution in [2.75, 3.05) is 25.7 Å². The largest absolute Gasteiger partial charge is 0.479 e. The Morgan fingerprint density at radius 3 is 2.95 bits per heavy atom. The van der Waals surface area contributed by atoms with E-state index >= 15 is 0 Å². The summed E-state index contributed by atoms with van der Waals surface area (Å²) in [6.45, 7) is 2.57. The van der Waals surface area contributed by atoms with Crippen LogP contribution in [0.15, 0.2) is 23.2 Å². The number of hydrogen-bond donors (Lipinski definition) is 0. The number of carbonyl (C=O) groups excluding carboxylic acids is 1. The highest BCUT2D eigenvalue weighted by Gasteiger charge is 2.39. The van der Waals surface area contributed by atoms with Gasteiger partial charge in [-0.25, -0.2) is 9.79 Å². The van der Waals surface area contributed by atoms with Gasteiger partial charge in [-0.1, -0.05) is 12.1 Å². The summed E-state index contributed by atoms with van der Waals surface area (Å²) >= 11 is 0. The Hall–Kier alpha value is -2.04. The van der Waals surface area contributed by atoms with E-state index in [2.05, 4.69) is 6.07 Å². The number of benzene rings is 1. The summed E-state index contributed by atoms with van der Waals surface area (Å²) in [6, 6.07) is 6.07. The van der Waals surface area contributed by atoms with Crippen molar-refractivity contribution in [2.45, 2.75) is 31.7 Å². The molecule has 0 unspecified atom stereocenters. The summed E-state index contributed by atoms with van der Waals surface area (Å²) < 4.78 is 10.4. The van der Waals surface area contributed by atoms with Crippen LogP contribution in [0, 0.1) is 0 Å².